The van der Waals surface area contributed by atoms with Crippen LogP contribution in [0.4, 0.5) is 5.69 Å². The van der Waals surface area contributed by atoms with E-state index in [2.05, 4.69) is 4.72 Å². The molecule has 0 bridgehead atoms. The molecule has 5 nitrogen and oxygen atoms in total. The van der Waals surface area contributed by atoms with Crippen molar-refractivity contribution in [3.8, 4) is 0 Å². The van der Waals surface area contributed by atoms with E-state index in [0.29, 0.717) is 17.9 Å². The van der Waals surface area contributed by atoms with Crippen molar-refractivity contribution in [2.24, 2.45) is 0 Å². The van der Waals surface area contributed by atoms with Crippen LogP contribution >= 0.6 is 0 Å². The molecule has 2 aromatic carbocycles. The Morgan fingerprint density at radius 3 is 2.20 bits per heavy atom. The normalized spacial score (nSPS) is 11.1. The van der Waals surface area contributed by atoms with E-state index in [1.54, 1.807) is 48.5 Å². The third kappa shape index (κ3) is 5.32. The van der Waals surface area contributed by atoms with Gasteiger partial charge in [-0.1, -0.05) is 32.4 Å². The van der Waals surface area contributed by atoms with Gasteiger partial charge in [-0.05, 0) is 54.8 Å². The molecule has 0 saturated carbocycles. The van der Waals surface area contributed by atoms with Crippen LogP contribution in [-0.4, -0.2) is 21.0 Å². The molecule has 134 valence electrons. The zero-order chi connectivity index (χ0) is 18.3. The van der Waals surface area contributed by atoms with E-state index in [1.807, 2.05) is 13.8 Å². The summed E-state index contributed by atoms with van der Waals surface area (Å²) in [5.41, 5.74) is 1.86. The van der Waals surface area contributed by atoms with E-state index in [4.69, 9.17) is 4.74 Å². The van der Waals surface area contributed by atoms with Gasteiger partial charge in [-0.15, -0.1) is 0 Å². The fourth-order valence-electron chi connectivity index (χ4n) is 2.19. The summed E-state index contributed by atoms with van der Waals surface area (Å²) in [6.07, 6.45) is 2.62. The Balaban J connectivity index is 2.05. The summed E-state index contributed by atoms with van der Waals surface area (Å²) >= 11 is 0. The maximum absolute atomic E-state index is 12.4. The van der Waals surface area contributed by atoms with Crippen LogP contribution in [0.15, 0.2) is 53.4 Å². The predicted octanol–water partition coefficient (Wildman–Crippen LogP) is 4.01. The van der Waals surface area contributed by atoms with Gasteiger partial charge >= 0.3 is 5.97 Å². The van der Waals surface area contributed by atoms with E-state index >= 15 is 0 Å². The number of hydrogen-bond donors (Lipinski definition) is 1. The fourth-order valence-corrected chi connectivity index (χ4v) is 3.24. The van der Waals surface area contributed by atoms with Crippen LogP contribution in [-0.2, 0) is 21.2 Å². The summed E-state index contributed by atoms with van der Waals surface area (Å²) < 4.78 is 32.4. The van der Waals surface area contributed by atoms with E-state index in [-0.39, 0.29) is 4.90 Å². The topological polar surface area (TPSA) is 72.5 Å². The Bertz CT molecular complexity index is 796. The quantitative estimate of drug-likeness (QED) is 0.570. The van der Waals surface area contributed by atoms with E-state index < -0.39 is 16.0 Å². The van der Waals surface area contributed by atoms with Gasteiger partial charge in [0, 0.05) is 5.69 Å². The molecule has 0 aliphatic carbocycles. The molecule has 2 rings (SSSR count). The molecular formula is C19H23NO4S. The van der Waals surface area contributed by atoms with Crippen LogP contribution in [0.2, 0.25) is 0 Å². The van der Waals surface area contributed by atoms with Crippen LogP contribution in [0.1, 0.15) is 42.6 Å². The second-order valence-corrected chi connectivity index (χ2v) is 7.35. The zero-order valence-corrected chi connectivity index (χ0v) is 15.3. The number of ether oxygens (including phenoxy) is 1. The third-order valence-corrected chi connectivity index (χ3v) is 5.14. The molecule has 0 saturated heterocycles. The van der Waals surface area contributed by atoms with Crippen molar-refractivity contribution >= 4 is 21.7 Å². The second kappa shape index (κ2) is 8.67. The van der Waals surface area contributed by atoms with Crippen LogP contribution < -0.4 is 4.72 Å². The number of hydrogen-bond acceptors (Lipinski definition) is 4. The van der Waals surface area contributed by atoms with Gasteiger partial charge in [0.2, 0.25) is 0 Å². The molecule has 0 fully saturated rings. The fraction of sp³-hybridized carbons (Fsp3) is 0.316. The number of carbonyl (C=O) groups is 1. The molecule has 0 aliphatic heterocycles. The van der Waals surface area contributed by atoms with Gasteiger partial charge < -0.3 is 4.74 Å². The summed E-state index contributed by atoms with van der Waals surface area (Å²) in [5.74, 6) is -0.405. The minimum atomic E-state index is -3.66. The lowest BCUT2D eigenvalue weighted by molar-refractivity contribution is 0.0500. The largest absolute Gasteiger partial charge is 0.462 e. The highest BCUT2D eigenvalue weighted by Gasteiger charge is 2.14. The standard InChI is InChI=1S/C19H23NO4S/c1-3-5-14-24-19(21)16-8-10-17(11-9-16)20-25(22,23)18-12-6-15(4-2)7-13-18/h6-13,20H,3-5,14H2,1-2H3. The van der Waals surface area contributed by atoms with Gasteiger partial charge in [-0.3, -0.25) is 4.72 Å². The third-order valence-electron chi connectivity index (χ3n) is 3.75. The van der Waals surface area contributed by atoms with Crippen LogP contribution in [0.3, 0.4) is 0 Å². The molecule has 6 heteroatoms. The molecule has 0 aliphatic rings. The average Bonchev–Trinajstić information content (AvgIpc) is 2.62. The number of carbonyl (C=O) groups excluding carboxylic acids is 1. The Hall–Kier alpha value is -2.34. The summed E-state index contributed by atoms with van der Waals surface area (Å²) in [6.45, 7) is 4.42. The first-order valence-electron chi connectivity index (χ1n) is 8.35. The zero-order valence-electron chi connectivity index (χ0n) is 14.5. The highest BCUT2D eigenvalue weighted by molar-refractivity contribution is 7.92. The predicted molar refractivity (Wildman–Crippen MR) is 98.3 cm³/mol. The maximum Gasteiger partial charge on any atom is 0.338 e. The van der Waals surface area contributed by atoms with Crippen molar-refractivity contribution in [2.75, 3.05) is 11.3 Å². The number of anilines is 1. The minimum absolute atomic E-state index is 0.202. The molecular weight excluding hydrogens is 338 g/mol. The molecule has 1 N–H and O–H groups in total. The van der Waals surface area contributed by atoms with Gasteiger partial charge in [0.1, 0.15) is 0 Å². The van der Waals surface area contributed by atoms with Crippen molar-refractivity contribution in [1.29, 1.82) is 0 Å². The van der Waals surface area contributed by atoms with Crippen LogP contribution in [0, 0.1) is 0 Å². The molecule has 0 heterocycles. The second-order valence-electron chi connectivity index (χ2n) is 5.67. The van der Waals surface area contributed by atoms with Crippen molar-refractivity contribution in [3.05, 3.63) is 59.7 Å². The number of aryl methyl sites for hydroxylation is 1. The Morgan fingerprint density at radius 1 is 1.00 bits per heavy atom. The summed E-state index contributed by atoms with van der Waals surface area (Å²) in [5, 5.41) is 0. The van der Waals surface area contributed by atoms with Crippen molar-refractivity contribution in [1.82, 2.24) is 0 Å². The van der Waals surface area contributed by atoms with Gasteiger partial charge in [0.15, 0.2) is 0 Å². The number of benzene rings is 2. The van der Waals surface area contributed by atoms with E-state index in [1.165, 1.54) is 0 Å². The molecule has 0 amide bonds. The number of unbranched alkanes of at least 4 members (excludes halogenated alkanes) is 1. The monoisotopic (exact) mass is 361 g/mol. The number of rotatable bonds is 8. The summed E-state index contributed by atoms with van der Waals surface area (Å²) in [6, 6.07) is 13.0. The maximum atomic E-state index is 12.4. The summed E-state index contributed by atoms with van der Waals surface area (Å²) in [4.78, 5) is 12.0. The minimum Gasteiger partial charge on any atom is -0.462 e. The first-order valence-corrected chi connectivity index (χ1v) is 9.83. The van der Waals surface area contributed by atoms with Gasteiger partial charge in [-0.2, -0.15) is 0 Å². The number of nitrogens with one attached hydrogen (secondary N) is 1. The first kappa shape index (κ1) is 19.0. The van der Waals surface area contributed by atoms with Crippen molar-refractivity contribution in [2.45, 2.75) is 38.0 Å². The number of esters is 1. The SMILES string of the molecule is CCCCOC(=O)c1ccc(NS(=O)(=O)c2ccc(CC)cc2)cc1. The highest BCUT2D eigenvalue weighted by atomic mass is 32.2. The molecule has 0 aromatic heterocycles. The van der Waals surface area contributed by atoms with Crippen LogP contribution in [0.5, 0.6) is 0 Å². The smallest absolute Gasteiger partial charge is 0.338 e. The molecule has 25 heavy (non-hydrogen) atoms. The molecule has 0 unspecified atom stereocenters. The molecule has 2 aromatic rings. The van der Waals surface area contributed by atoms with Gasteiger partial charge in [-0.25, -0.2) is 13.2 Å². The lowest BCUT2D eigenvalue weighted by Gasteiger charge is -2.09. The van der Waals surface area contributed by atoms with Crippen LogP contribution in [0.25, 0.3) is 0 Å². The van der Waals surface area contributed by atoms with Crippen molar-refractivity contribution < 1.29 is 17.9 Å². The first-order chi connectivity index (χ1) is 12.0. The average molecular weight is 361 g/mol. The molecule has 0 spiro atoms. The summed E-state index contributed by atoms with van der Waals surface area (Å²) in [7, 11) is -3.66. The van der Waals surface area contributed by atoms with E-state index in [9.17, 15) is 13.2 Å². The Labute approximate surface area is 149 Å². The van der Waals surface area contributed by atoms with Gasteiger partial charge in [0.05, 0.1) is 17.1 Å². The molecule has 0 radical (unpaired) electrons. The van der Waals surface area contributed by atoms with E-state index in [0.717, 1.165) is 24.8 Å². The van der Waals surface area contributed by atoms with Crippen molar-refractivity contribution in [3.63, 3.8) is 0 Å². The Kier molecular flexibility index (Phi) is 6.58. The van der Waals surface area contributed by atoms with Gasteiger partial charge in [0.25, 0.3) is 10.0 Å². The molecule has 0 atom stereocenters. The lowest BCUT2D eigenvalue weighted by Crippen LogP contribution is -2.13. The lowest BCUT2D eigenvalue weighted by atomic mass is 10.2. The highest BCUT2D eigenvalue weighted by Crippen LogP contribution is 2.18. The number of sulfonamides is 1. The Morgan fingerprint density at radius 2 is 1.64 bits per heavy atom.